The first kappa shape index (κ1) is 19.2. The molecule has 1 fully saturated rings. The number of alkyl halides is 3. The average molecular weight is 358 g/mol. The summed E-state index contributed by atoms with van der Waals surface area (Å²) in [7, 11) is 0. The molecule has 8 heteroatoms. The van der Waals surface area contributed by atoms with Gasteiger partial charge in [-0.05, 0) is 25.0 Å². The van der Waals surface area contributed by atoms with Crippen molar-refractivity contribution in [3.05, 3.63) is 29.8 Å². The maximum Gasteiger partial charge on any atom is 0.418 e. The number of anilines is 1. The van der Waals surface area contributed by atoms with E-state index in [0.29, 0.717) is 13.2 Å². The van der Waals surface area contributed by atoms with Crippen molar-refractivity contribution in [1.29, 1.82) is 0 Å². The molecule has 1 aliphatic rings. The van der Waals surface area contributed by atoms with Gasteiger partial charge in [-0.25, -0.2) is 0 Å². The Bertz CT molecular complexity index is 613. The number of carbonyl (C=O) groups excluding carboxylic acids is 2. The van der Waals surface area contributed by atoms with Gasteiger partial charge in [0.2, 0.25) is 11.8 Å². The van der Waals surface area contributed by atoms with Gasteiger partial charge in [0.1, 0.15) is 0 Å². The predicted molar refractivity (Wildman–Crippen MR) is 85.9 cm³/mol. The Kier molecular flexibility index (Phi) is 6.41. The summed E-state index contributed by atoms with van der Waals surface area (Å²) in [5.74, 6) is -0.769. The van der Waals surface area contributed by atoms with Gasteiger partial charge in [-0.15, -0.1) is 0 Å². The molecule has 0 bridgehead atoms. The number of rotatable bonds is 6. The summed E-state index contributed by atoms with van der Waals surface area (Å²) in [5.41, 5.74) is -1.18. The minimum Gasteiger partial charge on any atom is -0.376 e. The number of hydrogen-bond acceptors (Lipinski definition) is 3. The number of benzene rings is 1. The van der Waals surface area contributed by atoms with Gasteiger partial charge in [0.25, 0.3) is 0 Å². The van der Waals surface area contributed by atoms with Crippen molar-refractivity contribution < 1.29 is 27.5 Å². The van der Waals surface area contributed by atoms with Crippen LogP contribution in [0.25, 0.3) is 0 Å². The lowest BCUT2D eigenvalue weighted by atomic mass is 10.1. The van der Waals surface area contributed by atoms with Crippen molar-refractivity contribution in [2.24, 2.45) is 0 Å². The highest BCUT2D eigenvalue weighted by Crippen LogP contribution is 2.34. The van der Waals surface area contributed by atoms with Gasteiger partial charge in [0.05, 0.1) is 17.4 Å². The summed E-state index contributed by atoms with van der Waals surface area (Å²) >= 11 is 0. The molecule has 0 aromatic heterocycles. The average Bonchev–Trinajstić information content (AvgIpc) is 3.03. The van der Waals surface area contributed by atoms with Crippen LogP contribution >= 0.6 is 0 Å². The number of amides is 2. The highest BCUT2D eigenvalue weighted by molar-refractivity contribution is 5.92. The number of carbonyl (C=O) groups is 2. The van der Waals surface area contributed by atoms with Gasteiger partial charge in [-0.2, -0.15) is 13.2 Å². The van der Waals surface area contributed by atoms with E-state index < -0.39 is 17.6 Å². The van der Waals surface area contributed by atoms with E-state index in [0.717, 1.165) is 18.9 Å². The highest BCUT2D eigenvalue weighted by Gasteiger charge is 2.33. The number of para-hydroxylation sites is 1. The molecule has 1 unspecified atom stereocenters. The van der Waals surface area contributed by atoms with Crippen LogP contribution in [-0.2, 0) is 20.5 Å². The standard InChI is InChI=1S/C17H21F3N2O3/c1-12(23)22(11-13-5-4-10-25-13)9-8-16(24)21-15-7-3-2-6-14(15)17(18,19)20/h2-3,6-7,13H,4-5,8-11H2,1H3,(H,21,24). The SMILES string of the molecule is CC(=O)N(CCC(=O)Nc1ccccc1C(F)(F)F)CC1CCCO1. The molecule has 0 spiro atoms. The molecule has 2 amide bonds. The van der Waals surface area contributed by atoms with Crippen LogP contribution in [0.2, 0.25) is 0 Å². The van der Waals surface area contributed by atoms with Gasteiger partial charge < -0.3 is 15.0 Å². The minimum atomic E-state index is -4.55. The molecule has 5 nitrogen and oxygen atoms in total. The Hall–Kier alpha value is -2.09. The van der Waals surface area contributed by atoms with Crippen LogP contribution in [0.15, 0.2) is 24.3 Å². The topological polar surface area (TPSA) is 58.6 Å². The number of nitrogens with zero attached hydrogens (tertiary/aromatic N) is 1. The largest absolute Gasteiger partial charge is 0.418 e. The number of nitrogens with one attached hydrogen (secondary N) is 1. The highest BCUT2D eigenvalue weighted by atomic mass is 19.4. The van der Waals surface area contributed by atoms with Crippen LogP contribution in [0.4, 0.5) is 18.9 Å². The lowest BCUT2D eigenvalue weighted by molar-refractivity contribution is -0.137. The molecule has 1 heterocycles. The Morgan fingerprint density at radius 2 is 2.04 bits per heavy atom. The normalized spacial score (nSPS) is 17.4. The second-order valence-electron chi connectivity index (χ2n) is 5.94. The van der Waals surface area contributed by atoms with E-state index >= 15 is 0 Å². The second kappa shape index (κ2) is 8.33. The first-order valence-electron chi connectivity index (χ1n) is 8.10. The fraction of sp³-hybridized carbons (Fsp3) is 0.529. The number of ether oxygens (including phenoxy) is 1. The zero-order valence-corrected chi connectivity index (χ0v) is 13.9. The molecule has 1 N–H and O–H groups in total. The lowest BCUT2D eigenvalue weighted by Crippen LogP contribution is -2.37. The molecular formula is C17H21F3N2O3. The lowest BCUT2D eigenvalue weighted by Gasteiger charge is -2.24. The maximum atomic E-state index is 12.9. The Morgan fingerprint density at radius 3 is 2.64 bits per heavy atom. The van der Waals surface area contributed by atoms with E-state index in [2.05, 4.69) is 5.32 Å². The predicted octanol–water partition coefficient (Wildman–Crippen LogP) is 3.06. The summed E-state index contributed by atoms with van der Waals surface area (Å²) in [6, 6.07) is 4.80. The molecule has 1 aliphatic heterocycles. The van der Waals surface area contributed by atoms with Crippen LogP contribution < -0.4 is 5.32 Å². The molecule has 0 aliphatic carbocycles. The summed E-state index contributed by atoms with van der Waals surface area (Å²) in [5, 5.41) is 2.28. The molecule has 0 radical (unpaired) electrons. The van der Waals surface area contributed by atoms with Gasteiger partial charge in [0, 0.05) is 33.0 Å². The van der Waals surface area contributed by atoms with Crippen molar-refractivity contribution in [3.63, 3.8) is 0 Å². The summed E-state index contributed by atoms with van der Waals surface area (Å²) < 4.78 is 44.3. The van der Waals surface area contributed by atoms with Crippen molar-refractivity contribution in [3.8, 4) is 0 Å². The van der Waals surface area contributed by atoms with Crippen LogP contribution in [0.1, 0.15) is 31.7 Å². The van der Waals surface area contributed by atoms with Crippen LogP contribution in [0, 0.1) is 0 Å². The van der Waals surface area contributed by atoms with Crippen LogP contribution in [0.3, 0.4) is 0 Å². The zero-order chi connectivity index (χ0) is 18.4. The van der Waals surface area contributed by atoms with E-state index in [4.69, 9.17) is 4.74 Å². The van der Waals surface area contributed by atoms with Crippen LogP contribution in [0.5, 0.6) is 0 Å². The summed E-state index contributed by atoms with van der Waals surface area (Å²) in [4.78, 5) is 25.2. The van der Waals surface area contributed by atoms with Crippen molar-refractivity contribution in [2.75, 3.05) is 25.0 Å². The molecule has 1 atom stereocenters. The smallest absolute Gasteiger partial charge is 0.376 e. The Morgan fingerprint density at radius 1 is 1.32 bits per heavy atom. The first-order valence-corrected chi connectivity index (χ1v) is 8.10. The molecule has 1 aromatic rings. The van der Waals surface area contributed by atoms with E-state index in [9.17, 15) is 22.8 Å². The van der Waals surface area contributed by atoms with E-state index in [1.165, 1.54) is 30.0 Å². The third kappa shape index (κ3) is 5.74. The molecule has 138 valence electrons. The van der Waals surface area contributed by atoms with E-state index in [1.807, 2.05) is 0 Å². The zero-order valence-electron chi connectivity index (χ0n) is 13.9. The van der Waals surface area contributed by atoms with E-state index in [-0.39, 0.29) is 30.7 Å². The molecule has 0 saturated carbocycles. The summed E-state index contributed by atoms with van der Waals surface area (Å²) in [6.45, 7) is 2.58. The van der Waals surface area contributed by atoms with E-state index in [1.54, 1.807) is 0 Å². The third-order valence-electron chi connectivity index (χ3n) is 4.01. The quantitative estimate of drug-likeness (QED) is 0.850. The molecule has 1 saturated heterocycles. The Balaban J connectivity index is 1.92. The number of hydrogen-bond donors (Lipinski definition) is 1. The van der Waals surface area contributed by atoms with Crippen LogP contribution in [-0.4, -0.2) is 42.5 Å². The van der Waals surface area contributed by atoms with Gasteiger partial charge >= 0.3 is 6.18 Å². The van der Waals surface area contributed by atoms with Gasteiger partial charge in [-0.3, -0.25) is 9.59 Å². The fourth-order valence-corrected chi connectivity index (χ4v) is 2.70. The minimum absolute atomic E-state index is 0.0436. The monoisotopic (exact) mass is 358 g/mol. The van der Waals surface area contributed by atoms with Crippen molar-refractivity contribution in [1.82, 2.24) is 4.90 Å². The second-order valence-corrected chi connectivity index (χ2v) is 5.94. The fourth-order valence-electron chi connectivity index (χ4n) is 2.70. The maximum absolute atomic E-state index is 12.9. The van der Waals surface area contributed by atoms with Crippen molar-refractivity contribution in [2.45, 2.75) is 38.5 Å². The first-order chi connectivity index (χ1) is 11.8. The van der Waals surface area contributed by atoms with Gasteiger partial charge in [-0.1, -0.05) is 12.1 Å². The molecule has 2 rings (SSSR count). The molecule has 1 aromatic carbocycles. The summed E-state index contributed by atoms with van der Waals surface area (Å²) in [6.07, 6.45) is -2.88. The number of halogens is 3. The molecule has 25 heavy (non-hydrogen) atoms. The van der Waals surface area contributed by atoms with Gasteiger partial charge in [0.15, 0.2) is 0 Å². The van der Waals surface area contributed by atoms with Crippen molar-refractivity contribution >= 4 is 17.5 Å². The Labute approximate surface area is 144 Å². The molecular weight excluding hydrogens is 337 g/mol. The third-order valence-corrected chi connectivity index (χ3v) is 4.01.